The van der Waals surface area contributed by atoms with Crippen LogP contribution in [0.5, 0.6) is 5.75 Å². The van der Waals surface area contributed by atoms with Crippen LogP contribution >= 0.6 is 0 Å². The topological polar surface area (TPSA) is 66.9 Å². The Morgan fingerprint density at radius 2 is 1.70 bits per heavy atom. The van der Waals surface area contributed by atoms with Gasteiger partial charge in [0.2, 0.25) is 15.9 Å². The van der Waals surface area contributed by atoms with Crippen molar-refractivity contribution in [2.24, 2.45) is 5.92 Å². The minimum atomic E-state index is -3.59. The van der Waals surface area contributed by atoms with Crippen molar-refractivity contribution in [3.8, 4) is 5.75 Å². The van der Waals surface area contributed by atoms with Crippen molar-refractivity contribution in [2.45, 2.75) is 50.3 Å². The lowest BCUT2D eigenvalue weighted by Gasteiger charge is -2.34. The van der Waals surface area contributed by atoms with Crippen LogP contribution in [0.2, 0.25) is 0 Å². The van der Waals surface area contributed by atoms with E-state index in [0.717, 1.165) is 38.8 Å². The second-order valence-corrected chi connectivity index (χ2v) is 9.28. The smallest absolute Gasteiger partial charge is 0.243 e. The summed E-state index contributed by atoms with van der Waals surface area (Å²) in [6, 6.07) is 6.53. The van der Waals surface area contributed by atoms with E-state index in [1.807, 2.05) is 11.8 Å². The second-order valence-electron chi connectivity index (χ2n) is 7.35. The molecule has 0 saturated carbocycles. The monoisotopic (exact) mass is 394 g/mol. The van der Waals surface area contributed by atoms with Gasteiger partial charge in [0.1, 0.15) is 5.75 Å². The van der Waals surface area contributed by atoms with Crippen LogP contribution in [0.1, 0.15) is 45.4 Å². The first-order chi connectivity index (χ1) is 13.0. The maximum atomic E-state index is 13.0. The number of rotatable bonds is 5. The number of hydrogen-bond donors (Lipinski definition) is 0. The van der Waals surface area contributed by atoms with Gasteiger partial charge in [-0.3, -0.25) is 4.79 Å². The van der Waals surface area contributed by atoms with Gasteiger partial charge in [0.15, 0.2) is 0 Å². The molecule has 3 rings (SSSR count). The Hall–Kier alpha value is -1.60. The molecule has 0 radical (unpaired) electrons. The van der Waals surface area contributed by atoms with Gasteiger partial charge in [-0.2, -0.15) is 4.31 Å². The summed E-state index contributed by atoms with van der Waals surface area (Å²) in [7, 11) is -3.59. The third-order valence-corrected chi connectivity index (χ3v) is 7.30. The van der Waals surface area contributed by atoms with Gasteiger partial charge >= 0.3 is 0 Å². The van der Waals surface area contributed by atoms with E-state index in [1.165, 1.54) is 17.1 Å². The Morgan fingerprint density at radius 1 is 1.04 bits per heavy atom. The van der Waals surface area contributed by atoms with Gasteiger partial charge in [-0.1, -0.05) is 12.8 Å². The van der Waals surface area contributed by atoms with Gasteiger partial charge in [-0.25, -0.2) is 8.42 Å². The van der Waals surface area contributed by atoms with Gasteiger partial charge in [-0.15, -0.1) is 0 Å². The zero-order chi connectivity index (χ0) is 19.3. The maximum Gasteiger partial charge on any atom is 0.243 e. The number of piperidine rings is 1. The van der Waals surface area contributed by atoms with Gasteiger partial charge < -0.3 is 9.64 Å². The van der Waals surface area contributed by atoms with Crippen LogP contribution in [0.4, 0.5) is 0 Å². The molecule has 7 heteroatoms. The molecule has 0 spiro atoms. The number of likely N-dealkylation sites (tertiary alicyclic amines) is 1. The van der Waals surface area contributed by atoms with Gasteiger partial charge in [-0.05, 0) is 56.9 Å². The average molecular weight is 395 g/mol. The first kappa shape index (κ1) is 20.1. The largest absolute Gasteiger partial charge is 0.494 e. The molecule has 1 amide bonds. The third-order valence-electron chi connectivity index (χ3n) is 5.42. The zero-order valence-corrected chi connectivity index (χ0v) is 16.9. The zero-order valence-electron chi connectivity index (χ0n) is 16.1. The molecule has 0 N–H and O–H groups in total. The van der Waals surface area contributed by atoms with E-state index in [1.54, 1.807) is 24.3 Å². The molecule has 27 heavy (non-hydrogen) atoms. The van der Waals surface area contributed by atoms with E-state index in [-0.39, 0.29) is 23.3 Å². The summed E-state index contributed by atoms with van der Waals surface area (Å²) < 4.78 is 32.9. The number of benzene rings is 1. The highest BCUT2D eigenvalue weighted by Crippen LogP contribution is 2.27. The fourth-order valence-electron chi connectivity index (χ4n) is 3.94. The van der Waals surface area contributed by atoms with Gasteiger partial charge in [0, 0.05) is 26.2 Å². The lowest BCUT2D eigenvalue weighted by molar-refractivity contribution is -0.136. The van der Waals surface area contributed by atoms with Crippen molar-refractivity contribution < 1.29 is 17.9 Å². The maximum absolute atomic E-state index is 13.0. The Labute approximate surface area is 162 Å². The molecule has 0 aromatic heterocycles. The van der Waals surface area contributed by atoms with E-state index in [4.69, 9.17) is 4.74 Å². The molecule has 0 bridgehead atoms. The fourth-order valence-corrected chi connectivity index (χ4v) is 5.46. The van der Waals surface area contributed by atoms with E-state index >= 15 is 0 Å². The number of carbonyl (C=O) groups is 1. The van der Waals surface area contributed by atoms with E-state index in [0.29, 0.717) is 18.9 Å². The summed E-state index contributed by atoms with van der Waals surface area (Å²) in [5.74, 6) is 0.558. The standard InChI is InChI=1S/C20H30N2O4S/c1-2-26-18-9-11-19(12-10-18)27(24,25)22-15-7-8-17(16-22)20(23)21-13-5-3-4-6-14-21/h9-12,17H,2-8,13-16H2,1H3/t17-/m0/s1. The summed E-state index contributed by atoms with van der Waals surface area (Å²) in [5, 5.41) is 0. The second kappa shape index (κ2) is 9.06. The van der Waals surface area contributed by atoms with Crippen molar-refractivity contribution in [1.82, 2.24) is 9.21 Å². The summed E-state index contributed by atoms with van der Waals surface area (Å²) in [4.78, 5) is 15.1. The summed E-state index contributed by atoms with van der Waals surface area (Å²) >= 11 is 0. The predicted molar refractivity (Wildman–Crippen MR) is 104 cm³/mol. The van der Waals surface area contributed by atoms with Crippen LogP contribution in [0.15, 0.2) is 29.2 Å². The lowest BCUT2D eigenvalue weighted by atomic mass is 9.98. The number of hydrogen-bond acceptors (Lipinski definition) is 4. The molecule has 0 aliphatic carbocycles. The van der Waals surface area contributed by atoms with Crippen LogP contribution in [0, 0.1) is 5.92 Å². The average Bonchev–Trinajstić information content (AvgIpc) is 2.98. The van der Waals surface area contributed by atoms with Gasteiger partial charge in [0.25, 0.3) is 0 Å². The molecule has 1 aromatic rings. The molecule has 1 aromatic carbocycles. The number of carbonyl (C=O) groups excluding carboxylic acids is 1. The van der Waals surface area contributed by atoms with E-state index in [9.17, 15) is 13.2 Å². The van der Waals surface area contributed by atoms with Crippen molar-refractivity contribution in [3.05, 3.63) is 24.3 Å². The quantitative estimate of drug-likeness (QED) is 0.770. The minimum absolute atomic E-state index is 0.128. The number of nitrogens with zero attached hydrogens (tertiary/aromatic N) is 2. The highest BCUT2D eigenvalue weighted by Gasteiger charge is 2.35. The van der Waals surface area contributed by atoms with Crippen molar-refractivity contribution >= 4 is 15.9 Å². The van der Waals surface area contributed by atoms with Crippen LogP contribution in [-0.2, 0) is 14.8 Å². The van der Waals surface area contributed by atoms with Gasteiger partial charge in [0.05, 0.1) is 17.4 Å². The Morgan fingerprint density at radius 3 is 2.33 bits per heavy atom. The van der Waals surface area contributed by atoms with E-state index in [2.05, 4.69) is 0 Å². The third kappa shape index (κ3) is 4.82. The summed E-state index contributed by atoms with van der Waals surface area (Å²) in [6.07, 6.45) is 5.93. The molecule has 2 heterocycles. The van der Waals surface area contributed by atoms with Crippen LogP contribution in [-0.4, -0.2) is 56.3 Å². The molecule has 6 nitrogen and oxygen atoms in total. The predicted octanol–water partition coefficient (Wildman–Crippen LogP) is 2.89. The Bertz CT molecular complexity index is 725. The first-order valence-electron chi connectivity index (χ1n) is 10.0. The summed E-state index contributed by atoms with van der Waals surface area (Å²) in [5.41, 5.74) is 0. The fraction of sp³-hybridized carbons (Fsp3) is 0.650. The number of sulfonamides is 1. The van der Waals surface area contributed by atoms with Crippen LogP contribution in [0.25, 0.3) is 0 Å². The number of amides is 1. The minimum Gasteiger partial charge on any atom is -0.494 e. The van der Waals surface area contributed by atoms with Crippen LogP contribution < -0.4 is 4.74 Å². The highest BCUT2D eigenvalue weighted by molar-refractivity contribution is 7.89. The molecular formula is C20H30N2O4S. The molecule has 2 saturated heterocycles. The lowest BCUT2D eigenvalue weighted by Crippen LogP contribution is -2.46. The highest BCUT2D eigenvalue weighted by atomic mass is 32.2. The Kier molecular flexibility index (Phi) is 6.76. The molecular weight excluding hydrogens is 364 g/mol. The molecule has 2 aliphatic heterocycles. The Balaban J connectivity index is 1.69. The molecule has 150 valence electrons. The van der Waals surface area contributed by atoms with Crippen molar-refractivity contribution in [1.29, 1.82) is 0 Å². The molecule has 0 unspecified atom stereocenters. The molecule has 2 aliphatic rings. The normalized spacial score (nSPS) is 22.3. The van der Waals surface area contributed by atoms with Crippen molar-refractivity contribution in [3.63, 3.8) is 0 Å². The molecule has 1 atom stereocenters. The molecule has 2 fully saturated rings. The first-order valence-corrected chi connectivity index (χ1v) is 11.5. The van der Waals surface area contributed by atoms with Crippen molar-refractivity contribution in [2.75, 3.05) is 32.8 Å². The number of ether oxygens (including phenoxy) is 1. The summed E-state index contributed by atoms with van der Waals surface area (Å²) in [6.45, 7) is 4.80. The SMILES string of the molecule is CCOc1ccc(S(=O)(=O)N2CCC[C@H](C(=O)N3CCCCCC3)C2)cc1. The van der Waals surface area contributed by atoms with E-state index < -0.39 is 10.0 Å². The van der Waals surface area contributed by atoms with Crippen LogP contribution in [0.3, 0.4) is 0 Å².